The predicted octanol–water partition coefficient (Wildman–Crippen LogP) is 5.20. The topological polar surface area (TPSA) is 82.6 Å². The van der Waals surface area contributed by atoms with Crippen molar-refractivity contribution in [2.45, 2.75) is 42.4 Å². The first-order valence-electron chi connectivity index (χ1n) is 11.1. The van der Waals surface area contributed by atoms with Crippen LogP contribution < -0.4 is 10.2 Å². The molecule has 1 saturated heterocycles. The third-order valence-corrected chi connectivity index (χ3v) is 7.17. The molecule has 33 heavy (non-hydrogen) atoms. The minimum atomic E-state index is -1.08. The Morgan fingerprint density at radius 1 is 1.06 bits per heavy atom. The van der Waals surface area contributed by atoms with Gasteiger partial charge in [-0.15, -0.1) is 0 Å². The van der Waals surface area contributed by atoms with Crippen molar-refractivity contribution in [3.05, 3.63) is 53.9 Å². The summed E-state index contributed by atoms with van der Waals surface area (Å²) in [7, 11) is 0. The first-order valence-corrected chi connectivity index (χ1v) is 11.9. The summed E-state index contributed by atoms with van der Waals surface area (Å²) in [5, 5.41) is 12.1. The number of anilines is 3. The number of H-pyrrole nitrogens is 1. The van der Waals surface area contributed by atoms with Crippen LogP contribution >= 0.6 is 11.8 Å². The molecule has 6 rings (SSSR count). The molecule has 1 aliphatic heterocycles. The van der Waals surface area contributed by atoms with E-state index in [9.17, 15) is 0 Å². The molecule has 1 aliphatic carbocycles. The number of benzene rings is 1. The largest absolute Gasteiger partial charge is 0.350 e. The van der Waals surface area contributed by atoms with E-state index in [1.807, 2.05) is 55.1 Å². The Morgan fingerprint density at radius 2 is 1.91 bits per heavy atom. The highest BCUT2D eigenvalue weighted by Crippen LogP contribution is 2.48. The molecule has 4 aromatic rings. The molecular formula is C24H24FN7S. The lowest BCUT2D eigenvalue weighted by Gasteiger charge is -2.45. The van der Waals surface area contributed by atoms with E-state index in [4.69, 9.17) is 9.97 Å². The van der Waals surface area contributed by atoms with Crippen LogP contribution in [0.5, 0.6) is 0 Å². The number of aromatic amines is 1. The van der Waals surface area contributed by atoms with Gasteiger partial charge in [0, 0.05) is 33.8 Å². The van der Waals surface area contributed by atoms with Crippen molar-refractivity contribution in [2.24, 2.45) is 5.92 Å². The summed E-state index contributed by atoms with van der Waals surface area (Å²) in [6.07, 6.45) is 1.99. The van der Waals surface area contributed by atoms with Gasteiger partial charge in [0.15, 0.2) is 11.0 Å². The highest BCUT2D eigenvalue weighted by molar-refractivity contribution is 7.99. The van der Waals surface area contributed by atoms with Gasteiger partial charge in [-0.05, 0) is 68.6 Å². The zero-order valence-corrected chi connectivity index (χ0v) is 19.3. The molecule has 0 atom stereocenters. The summed E-state index contributed by atoms with van der Waals surface area (Å²) in [5.41, 5.74) is 1.79. The fourth-order valence-electron chi connectivity index (χ4n) is 4.32. The molecule has 9 heteroatoms. The average molecular weight is 462 g/mol. The zero-order valence-electron chi connectivity index (χ0n) is 18.5. The van der Waals surface area contributed by atoms with E-state index in [1.165, 1.54) is 11.8 Å². The van der Waals surface area contributed by atoms with Gasteiger partial charge < -0.3 is 10.2 Å². The van der Waals surface area contributed by atoms with E-state index < -0.39 is 5.67 Å². The first kappa shape index (κ1) is 20.4. The van der Waals surface area contributed by atoms with Gasteiger partial charge in [-0.3, -0.25) is 10.1 Å². The number of nitrogens with one attached hydrogen (secondary N) is 2. The van der Waals surface area contributed by atoms with Gasteiger partial charge in [0.05, 0.1) is 18.6 Å². The molecule has 168 valence electrons. The normalized spacial score (nSPS) is 17.2. The Kier molecular flexibility index (Phi) is 4.76. The van der Waals surface area contributed by atoms with Crippen molar-refractivity contribution in [3.8, 4) is 0 Å². The monoisotopic (exact) mass is 461 g/mol. The summed E-state index contributed by atoms with van der Waals surface area (Å²) < 4.78 is 15.0. The fraction of sp³-hybridized carbons (Fsp3) is 0.333. The lowest BCUT2D eigenvalue weighted by Crippen LogP contribution is -2.60. The average Bonchev–Trinajstić information content (AvgIpc) is 3.54. The van der Waals surface area contributed by atoms with E-state index in [2.05, 4.69) is 26.6 Å². The van der Waals surface area contributed by atoms with Gasteiger partial charge in [-0.25, -0.2) is 14.4 Å². The smallest absolute Gasteiger partial charge is 0.196 e. The molecule has 2 N–H and O–H groups in total. The minimum Gasteiger partial charge on any atom is -0.350 e. The van der Waals surface area contributed by atoms with Crippen LogP contribution in [0.3, 0.4) is 0 Å². The van der Waals surface area contributed by atoms with Crippen LogP contribution in [0.2, 0.25) is 0 Å². The number of alkyl halides is 1. The van der Waals surface area contributed by atoms with Crippen LogP contribution in [0, 0.1) is 19.8 Å². The number of rotatable bonds is 6. The minimum absolute atomic E-state index is 0.209. The van der Waals surface area contributed by atoms with E-state index in [1.54, 1.807) is 0 Å². The molecule has 1 saturated carbocycles. The van der Waals surface area contributed by atoms with Crippen LogP contribution in [0.4, 0.5) is 21.8 Å². The summed E-state index contributed by atoms with van der Waals surface area (Å²) >= 11 is 1.49. The highest BCUT2D eigenvalue weighted by Gasteiger charge is 2.54. The quantitative estimate of drug-likeness (QED) is 0.382. The Morgan fingerprint density at radius 3 is 2.67 bits per heavy atom. The van der Waals surface area contributed by atoms with Crippen LogP contribution in [-0.2, 0) is 0 Å². The van der Waals surface area contributed by atoms with Gasteiger partial charge in [0.25, 0.3) is 0 Å². The van der Waals surface area contributed by atoms with Crippen molar-refractivity contribution in [3.63, 3.8) is 0 Å². The van der Waals surface area contributed by atoms with E-state index in [0.717, 1.165) is 45.8 Å². The molecule has 2 aliphatic rings. The third kappa shape index (κ3) is 4.01. The fourth-order valence-corrected chi connectivity index (χ4v) is 5.23. The van der Waals surface area contributed by atoms with Gasteiger partial charge in [-0.1, -0.05) is 6.07 Å². The van der Waals surface area contributed by atoms with Crippen LogP contribution in [-0.4, -0.2) is 43.9 Å². The lowest BCUT2D eigenvalue weighted by molar-refractivity contribution is 0.0924. The molecule has 0 spiro atoms. The van der Waals surface area contributed by atoms with Crippen LogP contribution in [0.15, 0.2) is 52.5 Å². The van der Waals surface area contributed by atoms with Crippen LogP contribution in [0.1, 0.15) is 24.2 Å². The second-order valence-electron chi connectivity index (χ2n) is 9.00. The molecule has 7 nitrogen and oxygen atoms in total. The van der Waals surface area contributed by atoms with Crippen molar-refractivity contribution in [2.75, 3.05) is 23.3 Å². The molecule has 0 radical (unpaired) electrons. The third-order valence-electron chi connectivity index (χ3n) is 6.23. The summed E-state index contributed by atoms with van der Waals surface area (Å²) in [6, 6.07) is 13.9. The summed E-state index contributed by atoms with van der Waals surface area (Å²) in [4.78, 5) is 17.2. The number of fused-ring (bicyclic) bond motifs is 1. The molecular weight excluding hydrogens is 437 g/mol. The molecule has 3 aromatic heterocycles. The Bertz CT molecular complexity index is 1340. The first-order chi connectivity index (χ1) is 15.9. The van der Waals surface area contributed by atoms with Crippen molar-refractivity contribution < 1.29 is 4.39 Å². The van der Waals surface area contributed by atoms with Gasteiger partial charge in [-0.2, -0.15) is 5.10 Å². The standard InChI is InChI=1S/C24H24FN7S/c1-14-6-9-17-18(26-14)4-3-5-19(17)33-23-28-20(27-21-10-15(2)30-31-21)11-22(29-23)32-12-24(25,13-32)16-7-8-16/h3-6,9-11,16H,7-8,12-13H2,1-2H3,(H2,27,28,29,30,31). The number of halogens is 1. The summed E-state index contributed by atoms with van der Waals surface area (Å²) in [6.45, 7) is 4.70. The maximum absolute atomic E-state index is 15.0. The van der Waals surface area contributed by atoms with Gasteiger partial charge in [0.2, 0.25) is 0 Å². The maximum Gasteiger partial charge on any atom is 0.196 e. The Hall–Kier alpha value is -3.20. The lowest BCUT2D eigenvalue weighted by atomic mass is 9.91. The van der Waals surface area contributed by atoms with E-state index in [0.29, 0.717) is 29.9 Å². The van der Waals surface area contributed by atoms with Gasteiger partial charge >= 0.3 is 0 Å². The number of nitrogens with zero attached hydrogens (tertiary/aromatic N) is 5. The SMILES string of the molecule is Cc1ccc2c(Sc3nc(Nc4cc(C)[nH]n4)cc(N4CC(F)(C5CC5)C4)n3)cccc2n1. The number of aromatic nitrogens is 5. The van der Waals surface area contributed by atoms with Gasteiger partial charge in [0.1, 0.15) is 17.3 Å². The van der Waals surface area contributed by atoms with E-state index >= 15 is 4.39 Å². The predicted molar refractivity (Wildman–Crippen MR) is 128 cm³/mol. The van der Waals surface area contributed by atoms with Crippen molar-refractivity contribution >= 4 is 40.1 Å². The Labute approximate surface area is 195 Å². The summed E-state index contributed by atoms with van der Waals surface area (Å²) in [5.74, 6) is 2.25. The molecule has 0 unspecified atom stereocenters. The molecule has 0 bridgehead atoms. The molecule has 2 fully saturated rings. The maximum atomic E-state index is 15.0. The molecule has 0 amide bonds. The van der Waals surface area contributed by atoms with Crippen LogP contribution in [0.25, 0.3) is 10.9 Å². The van der Waals surface area contributed by atoms with Crippen molar-refractivity contribution in [1.82, 2.24) is 25.1 Å². The second kappa shape index (κ2) is 7.69. The number of pyridine rings is 1. The second-order valence-corrected chi connectivity index (χ2v) is 10.0. The molecule has 1 aromatic carbocycles. The van der Waals surface area contributed by atoms with Crippen molar-refractivity contribution in [1.29, 1.82) is 0 Å². The Balaban J connectivity index is 1.33. The number of hydrogen-bond donors (Lipinski definition) is 2. The van der Waals surface area contributed by atoms with E-state index in [-0.39, 0.29) is 5.92 Å². The highest BCUT2D eigenvalue weighted by atomic mass is 32.2. The number of aryl methyl sites for hydroxylation is 2. The number of hydrogen-bond acceptors (Lipinski definition) is 7. The molecule has 4 heterocycles. The zero-order chi connectivity index (χ0) is 22.6.